The fourth-order valence-electron chi connectivity index (χ4n) is 5.95. The second-order valence-corrected chi connectivity index (χ2v) is 9.82. The Hall–Kier alpha value is -2.68. The quantitative estimate of drug-likeness (QED) is 0.497. The SMILES string of the molecule is C=CCN(C)C(=O)[C@@H]1[C@@H]2CCC3(O2)C(C(=O)N(CC=C)c2ccc(Cl)cc2)N(CCCO)C(=O)[C@H]13. The first-order chi connectivity index (χ1) is 16.8. The predicted octanol–water partition coefficient (Wildman–Crippen LogP) is 2.26. The molecule has 35 heavy (non-hydrogen) atoms. The summed E-state index contributed by atoms with van der Waals surface area (Å²) < 4.78 is 6.45. The van der Waals surface area contributed by atoms with E-state index in [0.29, 0.717) is 36.5 Å². The lowest BCUT2D eigenvalue weighted by atomic mass is 9.70. The van der Waals surface area contributed by atoms with Crippen molar-refractivity contribution in [3.63, 3.8) is 0 Å². The number of halogens is 1. The number of nitrogens with zero attached hydrogens (tertiary/aromatic N) is 3. The van der Waals surface area contributed by atoms with E-state index in [4.69, 9.17) is 16.3 Å². The molecule has 0 radical (unpaired) electrons. The zero-order valence-corrected chi connectivity index (χ0v) is 20.7. The molecule has 1 spiro atoms. The molecular formula is C26H32ClN3O5. The predicted molar refractivity (Wildman–Crippen MR) is 133 cm³/mol. The third-order valence-corrected chi connectivity index (χ3v) is 7.62. The van der Waals surface area contributed by atoms with Crippen LogP contribution in [0.25, 0.3) is 0 Å². The van der Waals surface area contributed by atoms with Crippen molar-refractivity contribution in [2.24, 2.45) is 11.8 Å². The Labute approximate surface area is 210 Å². The Morgan fingerprint density at radius 1 is 1.23 bits per heavy atom. The van der Waals surface area contributed by atoms with Crippen molar-refractivity contribution in [3.05, 3.63) is 54.6 Å². The Bertz CT molecular complexity index is 1010. The van der Waals surface area contributed by atoms with Crippen LogP contribution in [-0.4, -0.2) is 83.7 Å². The number of likely N-dealkylation sites (tertiary alicyclic amines) is 1. The number of anilines is 1. The molecule has 1 aromatic rings. The molecule has 0 saturated carbocycles. The molecule has 3 aliphatic rings. The summed E-state index contributed by atoms with van der Waals surface area (Å²) in [5, 5.41) is 10.0. The minimum atomic E-state index is -1.09. The molecule has 188 valence electrons. The fraction of sp³-hybridized carbons (Fsp3) is 0.500. The minimum absolute atomic E-state index is 0.121. The monoisotopic (exact) mass is 501 g/mol. The van der Waals surface area contributed by atoms with Crippen LogP contribution in [0.5, 0.6) is 0 Å². The maximum atomic E-state index is 14.2. The molecule has 0 aliphatic carbocycles. The van der Waals surface area contributed by atoms with E-state index < -0.39 is 29.6 Å². The summed E-state index contributed by atoms with van der Waals surface area (Å²) in [5.41, 5.74) is -0.463. The molecule has 0 aromatic heterocycles. The Kier molecular flexibility index (Phi) is 7.35. The van der Waals surface area contributed by atoms with Crippen molar-refractivity contribution in [2.45, 2.75) is 37.0 Å². The molecule has 3 saturated heterocycles. The molecule has 3 aliphatic heterocycles. The summed E-state index contributed by atoms with van der Waals surface area (Å²) in [4.78, 5) is 46.0. The molecule has 5 atom stereocenters. The summed E-state index contributed by atoms with van der Waals surface area (Å²) in [6.07, 6.45) is 4.28. The van der Waals surface area contributed by atoms with Gasteiger partial charge in [0.1, 0.15) is 11.6 Å². The highest BCUT2D eigenvalue weighted by atomic mass is 35.5. The van der Waals surface area contributed by atoms with E-state index in [9.17, 15) is 19.5 Å². The lowest BCUT2D eigenvalue weighted by Gasteiger charge is -2.37. The van der Waals surface area contributed by atoms with Crippen molar-refractivity contribution in [1.82, 2.24) is 9.80 Å². The van der Waals surface area contributed by atoms with Gasteiger partial charge in [-0.2, -0.15) is 0 Å². The van der Waals surface area contributed by atoms with E-state index in [0.717, 1.165) is 0 Å². The maximum Gasteiger partial charge on any atom is 0.253 e. The molecule has 4 rings (SSSR count). The number of carbonyl (C=O) groups excluding carboxylic acids is 3. The van der Waals surface area contributed by atoms with E-state index in [1.54, 1.807) is 53.3 Å². The van der Waals surface area contributed by atoms with Gasteiger partial charge in [0.2, 0.25) is 11.8 Å². The van der Waals surface area contributed by atoms with Gasteiger partial charge in [0.05, 0.1) is 17.9 Å². The highest BCUT2D eigenvalue weighted by Crippen LogP contribution is 2.59. The second-order valence-electron chi connectivity index (χ2n) is 9.39. The van der Waals surface area contributed by atoms with E-state index in [1.165, 1.54) is 4.90 Å². The number of benzene rings is 1. The molecule has 1 N–H and O–H groups in total. The van der Waals surface area contributed by atoms with E-state index >= 15 is 0 Å². The van der Waals surface area contributed by atoms with Gasteiger partial charge in [0, 0.05) is 44.0 Å². The van der Waals surface area contributed by atoms with Gasteiger partial charge in [-0.05, 0) is 43.5 Å². The van der Waals surface area contributed by atoms with Gasteiger partial charge in [-0.1, -0.05) is 23.8 Å². The number of carbonyl (C=O) groups is 3. The van der Waals surface area contributed by atoms with E-state index in [1.807, 2.05) is 0 Å². The molecule has 3 amide bonds. The average molecular weight is 502 g/mol. The number of likely N-dealkylation sites (N-methyl/N-ethyl adjacent to an activating group) is 1. The summed E-state index contributed by atoms with van der Waals surface area (Å²) in [7, 11) is 1.68. The zero-order chi connectivity index (χ0) is 25.3. The summed E-state index contributed by atoms with van der Waals surface area (Å²) in [6, 6.07) is 5.99. The number of aliphatic hydroxyl groups is 1. The molecule has 2 unspecified atom stereocenters. The van der Waals surface area contributed by atoms with Gasteiger partial charge in [0.15, 0.2) is 0 Å². The van der Waals surface area contributed by atoms with Gasteiger partial charge in [-0.15, -0.1) is 13.2 Å². The van der Waals surface area contributed by atoms with Crippen molar-refractivity contribution >= 4 is 35.0 Å². The number of rotatable bonds is 10. The third kappa shape index (κ3) is 4.17. The fourth-order valence-corrected chi connectivity index (χ4v) is 6.08. The van der Waals surface area contributed by atoms with Crippen LogP contribution < -0.4 is 4.90 Å². The first kappa shape index (κ1) is 25.4. The van der Waals surface area contributed by atoms with Crippen LogP contribution in [0.4, 0.5) is 5.69 Å². The summed E-state index contributed by atoms with van der Waals surface area (Å²) in [6.45, 7) is 8.16. The number of amides is 3. The van der Waals surface area contributed by atoms with Gasteiger partial charge in [0.25, 0.3) is 5.91 Å². The molecule has 8 nitrogen and oxygen atoms in total. The van der Waals surface area contributed by atoms with Crippen LogP contribution in [0, 0.1) is 11.8 Å². The van der Waals surface area contributed by atoms with Crippen molar-refractivity contribution in [1.29, 1.82) is 0 Å². The molecule has 1 aromatic carbocycles. The van der Waals surface area contributed by atoms with Gasteiger partial charge < -0.3 is 24.5 Å². The highest BCUT2D eigenvalue weighted by molar-refractivity contribution is 6.30. The molecule has 9 heteroatoms. The molecule has 3 heterocycles. The summed E-state index contributed by atoms with van der Waals surface area (Å²) >= 11 is 6.05. The van der Waals surface area contributed by atoms with Gasteiger partial charge in [-0.3, -0.25) is 14.4 Å². The van der Waals surface area contributed by atoms with Crippen LogP contribution in [-0.2, 0) is 19.1 Å². The van der Waals surface area contributed by atoms with Gasteiger partial charge >= 0.3 is 0 Å². The largest absolute Gasteiger partial charge is 0.396 e. The first-order valence-corrected chi connectivity index (χ1v) is 12.3. The summed E-state index contributed by atoms with van der Waals surface area (Å²) in [5.74, 6) is -2.14. The normalized spacial score (nSPS) is 28.7. The minimum Gasteiger partial charge on any atom is -0.396 e. The standard InChI is InChI=1S/C26H32ClN3O5/c1-4-13-28(3)23(32)20-19-11-12-26(35-19)21(20)24(33)30(15-6-16-31)22(26)25(34)29(14-5-2)18-9-7-17(27)8-10-18/h4-5,7-10,19-22,31H,1-2,6,11-16H2,3H3/t19-,20+,21-,22?,26?/m0/s1. The van der Waals surface area contributed by atoms with Crippen LogP contribution in [0.15, 0.2) is 49.6 Å². The number of hydrogen-bond acceptors (Lipinski definition) is 5. The second kappa shape index (κ2) is 10.1. The number of ether oxygens (including phenoxy) is 1. The van der Waals surface area contributed by atoms with E-state index in [2.05, 4.69) is 13.2 Å². The van der Waals surface area contributed by atoms with Crippen LogP contribution in [0.2, 0.25) is 5.02 Å². The van der Waals surface area contributed by atoms with Crippen LogP contribution >= 0.6 is 11.6 Å². The smallest absolute Gasteiger partial charge is 0.253 e. The van der Waals surface area contributed by atoms with Crippen molar-refractivity contribution in [3.8, 4) is 0 Å². The highest BCUT2D eigenvalue weighted by Gasteiger charge is 2.74. The molecular weight excluding hydrogens is 470 g/mol. The lowest BCUT2D eigenvalue weighted by molar-refractivity contribution is -0.144. The van der Waals surface area contributed by atoms with Gasteiger partial charge in [-0.25, -0.2) is 0 Å². The van der Waals surface area contributed by atoms with E-state index in [-0.39, 0.29) is 37.4 Å². The number of aliphatic hydroxyl groups excluding tert-OH is 1. The zero-order valence-electron chi connectivity index (χ0n) is 19.9. The Morgan fingerprint density at radius 3 is 2.54 bits per heavy atom. The van der Waals surface area contributed by atoms with Crippen molar-refractivity contribution in [2.75, 3.05) is 38.2 Å². The first-order valence-electron chi connectivity index (χ1n) is 11.9. The van der Waals surface area contributed by atoms with Crippen LogP contribution in [0.1, 0.15) is 19.3 Å². The Morgan fingerprint density at radius 2 is 1.91 bits per heavy atom. The van der Waals surface area contributed by atoms with Crippen molar-refractivity contribution < 1.29 is 24.2 Å². The van der Waals surface area contributed by atoms with Crippen LogP contribution in [0.3, 0.4) is 0 Å². The molecule has 2 bridgehead atoms. The topological polar surface area (TPSA) is 90.4 Å². The average Bonchev–Trinajstić information content (AvgIpc) is 3.48. The third-order valence-electron chi connectivity index (χ3n) is 7.37. The Balaban J connectivity index is 1.75. The number of fused-ring (bicyclic) bond motifs is 1. The maximum absolute atomic E-state index is 14.2. The lowest BCUT2D eigenvalue weighted by Crippen LogP contribution is -2.56. The molecule has 3 fully saturated rings. The number of hydrogen-bond donors (Lipinski definition) is 1.